The third-order valence-corrected chi connectivity index (χ3v) is 27.2. The van der Waals surface area contributed by atoms with Gasteiger partial charge in [0.2, 0.25) is 0 Å². The summed E-state index contributed by atoms with van der Waals surface area (Å²) in [6.45, 7) is 0. The summed E-state index contributed by atoms with van der Waals surface area (Å²) < 4.78 is 0. The first-order valence-electron chi connectivity index (χ1n) is 44.9. The summed E-state index contributed by atoms with van der Waals surface area (Å²) >= 11 is 0. The molecule has 2 spiro atoms. The minimum absolute atomic E-state index is 0.557. The number of hydrogen-bond acceptors (Lipinski definition) is 4. The Bertz CT molecular complexity index is 7690. The van der Waals surface area contributed by atoms with E-state index >= 15 is 0 Å². The lowest BCUT2D eigenvalue weighted by molar-refractivity contribution is 0.752. The molecule has 0 radical (unpaired) electrons. The molecular formula is C126H86N4. The van der Waals surface area contributed by atoms with Crippen molar-refractivity contribution >= 4 is 79.0 Å². The fourth-order valence-corrected chi connectivity index (χ4v) is 21.3. The molecule has 0 aromatic heterocycles. The maximum absolute atomic E-state index is 2.48. The fourth-order valence-electron chi connectivity index (χ4n) is 21.3. The van der Waals surface area contributed by atoms with E-state index in [2.05, 4.69) is 541 Å². The van der Waals surface area contributed by atoms with E-state index in [-0.39, 0.29) is 0 Å². The minimum Gasteiger partial charge on any atom is -0.310 e. The molecule has 4 aliphatic rings. The van der Waals surface area contributed by atoms with Crippen LogP contribution in [0.25, 0.3) is 99.8 Å². The SMILES string of the molecule is c1ccc(-c2ccc(-c3ccc(N(c4ccc(-c5ccccc5)cc4)c4ccc5c(c4)C4(c6ccccc6-5)c5ccccc5N(c5ccccc5)c5ccccc54)cc3)cc2)cc1.c1ccc(-c2ccc(N(c3ccc(-c4ccc(-c5cccc6ccccc56)cc4)cc3)c3ccc4c(c3)C3(c5ccccc5-4)c4ccccc4N(c4ccccc4)c4ccccc43)cc2)cc1. The van der Waals surface area contributed by atoms with Gasteiger partial charge in [0.15, 0.2) is 0 Å². The third-order valence-electron chi connectivity index (χ3n) is 27.2. The molecule has 21 aromatic rings. The normalized spacial score (nSPS) is 12.9. The van der Waals surface area contributed by atoms with Crippen LogP contribution < -0.4 is 19.6 Å². The van der Waals surface area contributed by atoms with Crippen LogP contribution in [0.3, 0.4) is 0 Å². The summed E-state index contributed by atoms with van der Waals surface area (Å²) in [5.41, 5.74) is 42.3. The monoisotopic (exact) mass is 1650 g/mol. The zero-order valence-electron chi connectivity index (χ0n) is 71.4. The predicted molar refractivity (Wildman–Crippen MR) is 543 cm³/mol. The molecule has 0 saturated carbocycles. The number of para-hydroxylation sites is 6. The summed E-state index contributed by atoms with van der Waals surface area (Å²) in [4.78, 5) is 9.73. The number of rotatable bonds is 14. The Morgan fingerprint density at radius 2 is 0.377 bits per heavy atom. The Kier molecular flexibility index (Phi) is 19.0. The van der Waals surface area contributed by atoms with Gasteiger partial charge in [-0.15, -0.1) is 0 Å². The average molecular weight is 1660 g/mol. The van der Waals surface area contributed by atoms with Crippen molar-refractivity contribution < 1.29 is 0 Å². The second kappa shape index (κ2) is 32.2. The van der Waals surface area contributed by atoms with Crippen molar-refractivity contribution in [3.63, 3.8) is 0 Å². The van der Waals surface area contributed by atoms with Gasteiger partial charge < -0.3 is 19.6 Å². The summed E-state index contributed by atoms with van der Waals surface area (Å²) in [6, 6.07) is 191. The second-order valence-electron chi connectivity index (χ2n) is 34.1. The first kappa shape index (κ1) is 76.7. The number of benzene rings is 21. The van der Waals surface area contributed by atoms with E-state index in [0.29, 0.717) is 0 Å². The van der Waals surface area contributed by atoms with Crippen molar-refractivity contribution in [3.8, 4) is 89.0 Å². The van der Waals surface area contributed by atoms with Gasteiger partial charge in [0, 0.05) is 45.5 Å². The van der Waals surface area contributed by atoms with Crippen LogP contribution in [-0.2, 0) is 10.8 Å². The van der Waals surface area contributed by atoms with Gasteiger partial charge in [0.05, 0.1) is 33.6 Å². The van der Waals surface area contributed by atoms with E-state index < -0.39 is 10.8 Å². The molecular weight excluding hydrogens is 1570 g/mol. The smallest absolute Gasteiger partial charge is 0.0755 e. The van der Waals surface area contributed by atoms with Gasteiger partial charge >= 0.3 is 0 Å². The van der Waals surface area contributed by atoms with Gasteiger partial charge in [-0.05, 0) is 266 Å². The van der Waals surface area contributed by atoms with Crippen LogP contribution in [0.2, 0.25) is 0 Å². The predicted octanol–water partition coefficient (Wildman–Crippen LogP) is 33.8. The third kappa shape index (κ3) is 12.8. The molecule has 0 unspecified atom stereocenters. The van der Waals surface area contributed by atoms with Crippen molar-refractivity contribution in [2.75, 3.05) is 19.6 Å². The van der Waals surface area contributed by atoms with Gasteiger partial charge in [-0.3, -0.25) is 0 Å². The molecule has 2 heterocycles. The van der Waals surface area contributed by atoms with Crippen LogP contribution in [0.1, 0.15) is 44.5 Å². The first-order chi connectivity index (χ1) is 64.5. The Morgan fingerprint density at radius 1 is 0.146 bits per heavy atom. The van der Waals surface area contributed by atoms with Crippen molar-refractivity contribution in [2.24, 2.45) is 0 Å². The molecule has 2 aliphatic heterocycles. The number of hydrogen-bond donors (Lipinski definition) is 0. The average Bonchev–Trinajstić information content (AvgIpc) is 1.45. The molecule has 0 amide bonds. The lowest BCUT2D eigenvalue weighted by Gasteiger charge is -2.45. The summed E-state index contributed by atoms with van der Waals surface area (Å²) in [5.74, 6) is 0. The molecule has 0 fully saturated rings. The zero-order chi connectivity index (χ0) is 86.1. The summed E-state index contributed by atoms with van der Waals surface area (Å²) in [5, 5.41) is 2.52. The highest BCUT2D eigenvalue weighted by Crippen LogP contribution is 2.67. The van der Waals surface area contributed by atoms with Gasteiger partial charge in [-0.2, -0.15) is 0 Å². The van der Waals surface area contributed by atoms with E-state index in [4.69, 9.17) is 0 Å². The van der Waals surface area contributed by atoms with Crippen molar-refractivity contribution in [1.29, 1.82) is 0 Å². The Morgan fingerprint density at radius 3 is 0.715 bits per heavy atom. The Balaban J connectivity index is 0.000000144. The molecule has 21 aromatic carbocycles. The van der Waals surface area contributed by atoms with Crippen molar-refractivity contribution in [2.45, 2.75) is 10.8 Å². The molecule has 2 aliphatic carbocycles. The molecule has 0 atom stereocenters. The molecule has 25 rings (SSSR count). The van der Waals surface area contributed by atoms with E-state index in [0.717, 1.165) is 45.5 Å². The van der Waals surface area contributed by atoms with Gasteiger partial charge in [0.25, 0.3) is 0 Å². The summed E-state index contributed by atoms with van der Waals surface area (Å²) in [7, 11) is 0. The zero-order valence-corrected chi connectivity index (χ0v) is 71.4. The van der Waals surface area contributed by atoms with Crippen LogP contribution in [0.4, 0.5) is 68.2 Å². The standard InChI is InChI=1S/C65H44N2.C61H42N2/c1-3-16-45(17-4-1)47-34-38-52(39-35-47)66(53-40-36-48(37-41-53)46-30-32-50(33-31-46)56-24-15-19-49-18-7-8-22-55(49)56)54-42-43-58-57-23-9-10-25-59(57)65(62(58)44-54)60-26-11-13-28-63(60)67(51-20-5-2-6-21-51)64-29-14-12-27-61(64)65;1-4-16-43(17-5-1)45-28-30-46(31-29-45)48-34-38-51(39-35-48)62(50-36-32-47(33-37-50)44-18-6-2-7-19-44)52-40-41-54-53-22-10-11-23-55(53)61(58(54)42-52)56-24-12-14-26-59(56)63(49-20-8-3-9-21-49)60-27-15-13-25-57(60)61/h1-44H;1-42H. The maximum Gasteiger partial charge on any atom is 0.0755 e. The highest BCUT2D eigenvalue weighted by molar-refractivity contribution is 6.01. The number of anilines is 12. The molecule has 130 heavy (non-hydrogen) atoms. The van der Waals surface area contributed by atoms with Gasteiger partial charge in [-0.1, -0.05) is 400 Å². The largest absolute Gasteiger partial charge is 0.310 e. The lowest BCUT2D eigenvalue weighted by Crippen LogP contribution is -2.36. The van der Waals surface area contributed by atoms with E-state index in [1.165, 1.54) is 167 Å². The number of nitrogens with zero attached hydrogens (tertiary/aromatic N) is 4. The first-order valence-corrected chi connectivity index (χ1v) is 44.9. The van der Waals surface area contributed by atoms with Crippen LogP contribution in [-0.4, -0.2) is 0 Å². The topological polar surface area (TPSA) is 13.0 Å². The van der Waals surface area contributed by atoms with Gasteiger partial charge in [0.1, 0.15) is 0 Å². The van der Waals surface area contributed by atoms with Gasteiger partial charge in [-0.25, -0.2) is 0 Å². The van der Waals surface area contributed by atoms with Crippen LogP contribution in [0.15, 0.2) is 522 Å². The molecule has 0 saturated heterocycles. The maximum atomic E-state index is 2.48. The molecule has 0 bridgehead atoms. The second-order valence-corrected chi connectivity index (χ2v) is 34.1. The van der Waals surface area contributed by atoms with Crippen molar-refractivity contribution in [3.05, 3.63) is 566 Å². The molecule has 0 N–H and O–H groups in total. The molecule has 4 heteroatoms. The quantitative estimate of drug-likeness (QED) is 0.108. The highest BCUT2D eigenvalue weighted by Gasteiger charge is 2.54. The minimum atomic E-state index is -0.564. The van der Waals surface area contributed by atoms with E-state index in [9.17, 15) is 0 Å². The van der Waals surface area contributed by atoms with Crippen LogP contribution in [0.5, 0.6) is 0 Å². The highest BCUT2D eigenvalue weighted by atomic mass is 15.2. The Labute approximate surface area is 759 Å². The molecule has 610 valence electrons. The van der Waals surface area contributed by atoms with Crippen LogP contribution >= 0.6 is 0 Å². The fraction of sp³-hybridized carbons (Fsp3) is 0.0159. The van der Waals surface area contributed by atoms with E-state index in [1.807, 2.05) is 0 Å². The van der Waals surface area contributed by atoms with Crippen molar-refractivity contribution in [1.82, 2.24) is 0 Å². The summed E-state index contributed by atoms with van der Waals surface area (Å²) in [6.07, 6.45) is 0. The van der Waals surface area contributed by atoms with E-state index in [1.54, 1.807) is 0 Å². The number of fused-ring (bicyclic) bond motifs is 19. The van der Waals surface area contributed by atoms with Crippen LogP contribution in [0, 0.1) is 0 Å². The molecule has 4 nitrogen and oxygen atoms in total. The lowest BCUT2D eigenvalue weighted by atomic mass is 9.64. The Hall–Kier alpha value is -16.9.